The number of aliphatic hydroxyl groups excluding tert-OH is 2. The highest BCUT2D eigenvalue weighted by Crippen LogP contribution is 2.20. The quantitative estimate of drug-likeness (QED) is 0.0320. The molecule has 516 valence electrons. The van der Waals surface area contributed by atoms with Gasteiger partial charge in [-0.2, -0.15) is 0 Å². The largest absolute Gasteiger partial charge is 0.466 e. The second-order valence-electron chi connectivity index (χ2n) is 27.8. The summed E-state index contributed by atoms with van der Waals surface area (Å²) in [6.45, 7) is 4.94. The molecule has 0 saturated carbocycles. The minimum atomic E-state index is -0.661. The summed E-state index contributed by atoms with van der Waals surface area (Å²) in [5.74, 6) is -0.0153. The van der Waals surface area contributed by atoms with Crippen LogP contribution in [0.5, 0.6) is 0 Å². The molecule has 0 aliphatic carbocycles. The van der Waals surface area contributed by atoms with Crippen LogP contribution in [0.25, 0.3) is 0 Å². The Hall–Kier alpha value is -1.66. The molecule has 0 aliphatic rings. The second-order valence-corrected chi connectivity index (χ2v) is 27.8. The fraction of sp³-hybridized carbons (Fsp3) is 0.926. The van der Waals surface area contributed by atoms with Gasteiger partial charge in [-0.15, -0.1) is 0 Å². The van der Waals surface area contributed by atoms with Crippen molar-refractivity contribution in [3.8, 4) is 0 Å². The molecule has 2 atom stereocenters. The first-order valence-electron chi connectivity index (χ1n) is 40.1. The molecule has 0 bridgehead atoms. The van der Waals surface area contributed by atoms with Crippen molar-refractivity contribution in [2.24, 2.45) is 0 Å². The Bertz CT molecular complexity index is 1360. The van der Waals surface area contributed by atoms with Gasteiger partial charge in [-0.3, -0.25) is 9.59 Å². The maximum absolute atomic E-state index is 12.6. The Kier molecular flexibility index (Phi) is 75.3. The number of carbonyl (C=O) groups excluding carboxylic acids is 2. The minimum absolute atomic E-state index is 0.00871. The van der Waals surface area contributed by atoms with Gasteiger partial charge in [0.15, 0.2) is 0 Å². The van der Waals surface area contributed by atoms with E-state index in [0.717, 1.165) is 51.4 Å². The lowest BCUT2D eigenvalue weighted by Crippen LogP contribution is -2.45. The van der Waals surface area contributed by atoms with E-state index in [1.807, 2.05) is 0 Å². The Morgan fingerprint density at radius 2 is 0.598 bits per heavy atom. The number of allylic oxidation sites excluding steroid dienone is 4. The third-order valence-electron chi connectivity index (χ3n) is 19.0. The van der Waals surface area contributed by atoms with Crippen molar-refractivity contribution in [1.82, 2.24) is 5.32 Å². The normalized spacial score (nSPS) is 12.6. The molecule has 2 unspecified atom stereocenters. The van der Waals surface area contributed by atoms with Crippen molar-refractivity contribution >= 4 is 11.9 Å². The number of carbonyl (C=O) groups is 2. The fourth-order valence-corrected chi connectivity index (χ4v) is 12.9. The van der Waals surface area contributed by atoms with Crippen LogP contribution in [0.3, 0.4) is 0 Å². The number of ether oxygens (including phenoxy) is 1. The molecule has 0 fully saturated rings. The molecular formula is C81H157NO5. The summed E-state index contributed by atoms with van der Waals surface area (Å²) in [5, 5.41) is 23.4. The third-order valence-corrected chi connectivity index (χ3v) is 19.0. The molecular weight excluding hydrogens is 1070 g/mol. The first-order valence-corrected chi connectivity index (χ1v) is 40.1. The molecule has 0 aromatic rings. The molecule has 87 heavy (non-hydrogen) atoms. The Morgan fingerprint density at radius 3 is 0.920 bits per heavy atom. The standard InChI is InChI=1S/C81H157NO5/c1-3-5-7-9-11-13-15-17-18-19-20-40-43-46-50-53-57-61-65-69-73-79(84)78(77-83)82-80(85)74-70-66-62-58-54-51-47-44-41-38-36-34-32-30-28-26-24-22-21-23-25-27-29-31-33-35-37-39-42-45-48-52-56-60-64-68-72-76-87-81(86)75-71-67-63-59-55-49-16-14-12-10-8-6-4-2/h8,10,14,16,78-79,83-84H,3-7,9,11-13,15,17-77H2,1-2H3,(H,82,85)/b10-8-,16-14-. The number of unbranched alkanes of at least 4 members (excludes halogenated alkanes) is 61. The first kappa shape index (κ1) is 85.3. The van der Waals surface area contributed by atoms with Crippen LogP contribution in [0.2, 0.25) is 0 Å². The molecule has 3 N–H and O–H groups in total. The van der Waals surface area contributed by atoms with Crippen molar-refractivity contribution < 1.29 is 24.5 Å². The fourth-order valence-electron chi connectivity index (χ4n) is 12.9. The lowest BCUT2D eigenvalue weighted by Gasteiger charge is -2.22. The zero-order valence-electron chi connectivity index (χ0n) is 59.3. The van der Waals surface area contributed by atoms with E-state index in [2.05, 4.69) is 43.5 Å². The molecule has 0 spiro atoms. The van der Waals surface area contributed by atoms with Crippen LogP contribution in [0, 0.1) is 0 Å². The Labute approximate surface area is 545 Å². The minimum Gasteiger partial charge on any atom is -0.466 e. The lowest BCUT2D eigenvalue weighted by atomic mass is 10.0. The summed E-state index contributed by atoms with van der Waals surface area (Å²) in [4.78, 5) is 24.6. The lowest BCUT2D eigenvalue weighted by molar-refractivity contribution is -0.143. The molecule has 0 aromatic carbocycles. The predicted molar refractivity (Wildman–Crippen MR) is 384 cm³/mol. The van der Waals surface area contributed by atoms with E-state index < -0.39 is 12.1 Å². The number of esters is 1. The maximum Gasteiger partial charge on any atom is 0.305 e. The molecule has 1 amide bonds. The zero-order chi connectivity index (χ0) is 62.8. The Balaban J connectivity index is 3.30. The van der Waals surface area contributed by atoms with Crippen LogP contribution in [0.1, 0.15) is 457 Å². The van der Waals surface area contributed by atoms with Crippen LogP contribution in [-0.4, -0.2) is 47.4 Å². The van der Waals surface area contributed by atoms with Gasteiger partial charge in [-0.25, -0.2) is 0 Å². The molecule has 0 rings (SSSR count). The van der Waals surface area contributed by atoms with Crippen molar-refractivity contribution in [1.29, 1.82) is 0 Å². The summed E-state index contributed by atoms with van der Waals surface area (Å²) in [7, 11) is 0. The number of aliphatic hydroxyl groups is 2. The summed E-state index contributed by atoms with van der Waals surface area (Å²) >= 11 is 0. The van der Waals surface area contributed by atoms with Gasteiger partial charge >= 0.3 is 5.97 Å². The topological polar surface area (TPSA) is 95.9 Å². The number of rotatable bonds is 76. The van der Waals surface area contributed by atoms with Gasteiger partial charge < -0.3 is 20.3 Å². The van der Waals surface area contributed by atoms with Crippen LogP contribution in [0.15, 0.2) is 24.3 Å². The van der Waals surface area contributed by atoms with Gasteiger partial charge in [-0.05, 0) is 51.4 Å². The number of hydrogen-bond donors (Lipinski definition) is 3. The predicted octanol–water partition coefficient (Wildman–Crippen LogP) is 26.4. The van der Waals surface area contributed by atoms with E-state index >= 15 is 0 Å². The highest BCUT2D eigenvalue weighted by molar-refractivity contribution is 5.76. The van der Waals surface area contributed by atoms with E-state index in [1.165, 1.54) is 372 Å². The van der Waals surface area contributed by atoms with Gasteiger partial charge in [0.25, 0.3) is 0 Å². The van der Waals surface area contributed by atoms with Crippen molar-refractivity contribution in [2.45, 2.75) is 469 Å². The maximum atomic E-state index is 12.6. The van der Waals surface area contributed by atoms with E-state index in [-0.39, 0.29) is 18.5 Å². The van der Waals surface area contributed by atoms with E-state index in [0.29, 0.717) is 25.9 Å². The highest BCUT2D eigenvalue weighted by atomic mass is 16.5. The Morgan fingerprint density at radius 1 is 0.322 bits per heavy atom. The van der Waals surface area contributed by atoms with Gasteiger partial charge in [0, 0.05) is 12.8 Å². The van der Waals surface area contributed by atoms with Crippen molar-refractivity contribution in [2.75, 3.05) is 13.2 Å². The number of nitrogens with one attached hydrogen (secondary N) is 1. The summed E-state index contributed by atoms with van der Waals surface area (Å²) in [6, 6.07) is -0.537. The van der Waals surface area contributed by atoms with Crippen LogP contribution >= 0.6 is 0 Å². The number of hydrogen-bond acceptors (Lipinski definition) is 5. The van der Waals surface area contributed by atoms with Gasteiger partial charge in [0.2, 0.25) is 5.91 Å². The molecule has 0 saturated heterocycles. The van der Waals surface area contributed by atoms with Crippen LogP contribution < -0.4 is 5.32 Å². The average Bonchev–Trinajstić information content (AvgIpc) is 3.54. The highest BCUT2D eigenvalue weighted by Gasteiger charge is 2.20. The summed E-state index contributed by atoms with van der Waals surface area (Å²) in [5.41, 5.74) is 0. The monoisotopic (exact) mass is 1220 g/mol. The summed E-state index contributed by atoms with van der Waals surface area (Å²) in [6.07, 6.45) is 98.6. The van der Waals surface area contributed by atoms with E-state index in [9.17, 15) is 19.8 Å². The van der Waals surface area contributed by atoms with Gasteiger partial charge in [0.05, 0.1) is 25.4 Å². The number of amides is 1. The van der Waals surface area contributed by atoms with Crippen LogP contribution in [0.4, 0.5) is 0 Å². The molecule has 0 radical (unpaired) electrons. The van der Waals surface area contributed by atoms with E-state index in [4.69, 9.17) is 4.74 Å². The van der Waals surface area contributed by atoms with Gasteiger partial charge in [0.1, 0.15) is 0 Å². The van der Waals surface area contributed by atoms with Gasteiger partial charge in [-0.1, -0.05) is 417 Å². The summed E-state index contributed by atoms with van der Waals surface area (Å²) < 4.78 is 5.48. The average molecular weight is 1230 g/mol. The molecule has 6 heteroatoms. The SMILES string of the molecule is CCC/C=C\C/C=C\CCCCCCCC(=O)OCCCCCCCCCCCCCCCCCCCCCCCCCCCCCCCCCCCCCCCC(=O)NC(CO)C(O)CCCCCCCCCCCCCCCCCCCCCC. The first-order chi connectivity index (χ1) is 43.0. The molecule has 0 aromatic heterocycles. The third kappa shape index (κ3) is 73.3. The second kappa shape index (κ2) is 76.8. The molecule has 0 heterocycles. The van der Waals surface area contributed by atoms with E-state index in [1.54, 1.807) is 0 Å². The van der Waals surface area contributed by atoms with Crippen molar-refractivity contribution in [3.63, 3.8) is 0 Å². The zero-order valence-corrected chi connectivity index (χ0v) is 59.3. The molecule has 6 nitrogen and oxygen atoms in total. The van der Waals surface area contributed by atoms with Crippen LogP contribution in [-0.2, 0) is 14.3 Å². The smallest absolute Gasteiger partial charge is 0.305 e. The molecule has 0 aliphatic heterocycles. The van der Waals surface area contributed by atoms with Crippen molar-refractivity contribution in [3.05, 3.63) is 24.3 Å².